The second-order valence-electron chi connectivity index (χ2n) is 4.48. The Morgan fingerprint density at radius 1 is 0.955 bits per heavy atom. The maximum Gasteiger partial charge on any atom is 0.252 e. The van der Waals surface area contributed by atoms with Gasteiger partial charge in [-0.2, -0.15) is 0 Å². The van der Waals surface area contributed by atoms with Gasteiger partial charge in [0.05, 0.1) is 10.5 Å². The number of hydrogen-bond donors (Lipinski definition) is 3. The highest BCUT2D eigenvalue weighted by molar-refractivity contribution is 7.89. The number of benzene rings is 2. The van der Waals surface area contributed by atoms with Crippen LogP contribution in [0, 0.1) is 0 Å². The van der Waals surface area contributed by atoms with Crippen molar-refractivity contribution in [3.05, 3.63) is 60.2 Å². The summed E-state index contributed by atoms with van der Waals surface area (Å²) in [6.07, 6.45) is 0. The maximum atomic E-state index is 12.0. The lowest BCUT2D eigenvalue weighted by molar-refractivity contribution is 0.0951. The molecule has 0 saturated carbocycles. The van der Waals surface area contributed by atoms with E-state index in [9.17, 15) is 13.2 Å². The summed E-state index contributed by atoms with van der Waals surface area (Å²) in [5.74, 6) is -0.287. The van der Waals surface area contributed by atoms with Crippen molar-refractivity contribution in [1.29, 1.82) is 0 Å². The Morgan fingerprint density at radius 3 is 2.27 bits per heavy atom. The Bertz CT molecular complexity index is 746. The third-order valence-electron chi connectivity index (χ3n) is 2.90. The standard InChI is InChI=1S/C15H16N2O3S2/c18-15(13-8-4-5-9-14(13)21)16-10-11-17-22(19,20)12-6-2-1-3-7-12/h1-9,17,21H,10-11H2,(H,16,18). The molecule has 0 aromatic heterocycles. The van der Waals surface area contributed by atoms with Crippen LogP contribution in [0.4, 0.5) is 0 Å². The van der Waals surface area contributed by atoms with Gasteiger partial charge < -0.3 is 5.32 Å². The first-order valence-electron chi connectivity index (χ1n) is 6.61. The lowest BCUT2D eigenvalue weighted by Gasteiger charge is -2.09. The number of hydrogen-bond acceptors (Lipinski definition) is 4. The third kappa shape index (κ3) is 4.33. The van der Waals surface area contributed by atoms with Gasteiger partial charge in [-0.1, -0.05) is 30.3 Å². The summed E-state index contributed by atoms with van der Waals surface area (Å²) in [5.41, 5.74) is 0.455. The van der Waals surface area contributed by atoms with Crippen molar-refractivity contribution in [2.75, 3.05) is 13.1 Å². The summed E-state index contributed by atoms with van der Waals surface area (Å²) in [5, 5.41) is 2.65. The van der Waals surface area contributed by atoms with Gasteiger partial charge in [-0.3, -0.25) is 4.79 Å². The van der Waals surface area contributed by atoms with Crippen LogP contribution < -0.4 is 10.0 Å². The van der Waals surface area contributed by atoms with Crippen LogP contribution in [0.5, 0.6) is 0 Å². The van der Waals surface area contributed by atoms with Crippen LogP contribution in [0.15, 0.2) is 64.4 Å². The van der Waals surface area contributed by atoms with Gasteiger partial charge in [-0.25, -0.2) is 13.1 Å². The summed E-state index contributed by atoms with van der Waals surface area (Å²) in [6.45, 7) is 0.296. The summed E-state index contributed by atoms with van der Waals surface area (Å²) in [4.78, 5) is 12.7. The minimum absolute atomic E-state index is 0.109. The van der Waals surface area contributed by atoms with Gasteiger partial charge in [0.15, 0.2) is 0 Å². The molecule has 2 rings (SSSR count). The molecule has 0 heterocycles. The summed E-state index contributed by atoms with van der Waals surface area (Å²) >= 11 is 4.20. The van der Waals surface area contributed by atoms with Gasteiger partial charge in [-0.15, -0.1) is 12.6 Å². The van der Waals surface area contributed by atoms with Gasteiger partial charge in [0.25, 0.3) is 5.91 Å². The highest BCUT2D eigenvalue weighted by atomic mass is 32.2. The first-order chi connectivity index (χ1) is 10.5. The first kappa shape index (κ1) is 16.5. The number of rotatable bonds is 6. The number of amides is 1. The van der Waals surface area contributed by atoms with Gasteiger partial charge in [-0.05, 0) is 24.3 Å². The van der Waals surface area contributed by atoms with E-state index in [0.29, 0.717) is 10.5 Å². The highest BCUT2D eigenvalue weighted by Gasteiger charge is 2.13. The van der Waals surface area contributed by atoms with Gasteiger partial charge in [0, 0.05) is 18.0 Å². The first-order valence-corrected chi connectivity index (χ1v) is 8.54. The van der Waals surface area contributed by atoms with Crippen LogP contribution in [0.2, 0.25) is 0 Å². The molecule has 0 spiro atoms. The molecule has 0 bridgehead atoms. The lowest BCUT2D eigenvalue weighted by atomic mass is 10.2. The van der Waals surface area contributed by atoms with E-state index in [1.54, 1.807) is 42.5 Å². The molecule has 2 aromatic rings. The van der Waals surface area contributed by atoms with Gasteiger partial charge >= 0.3 is 0 Å². The molecule has 0 unspecified atom stereocenters. The molecule has 2 N–H and O–H groups in total. The second kappa shape index (κ2) is 7.44. The summed E-state index contributed by atoms with van der Waals surface area (Å²) in [6, 6.07) is 15.0. The van der Waals surface area contributed by atoms with Crippen molar-refractivity contribution in [1.82, 2.24) is 10.0 Å². The lowest BCUT2D eigenvalue weighted by Crippen LogP contribution is -2.34. The average Bonchev–Trinajstić information content (AvgIpc) is 2.53. The highest BCUT2D eigenvalue weighted by Crippen LogP contribution is 2.12. The zero-order chi connectivity index (χ0) is 16.0. The Hall–Kier alpha value is -1.83. The van der Waals surface area contributed by atoms with E-state index in [2.05, 4.69) is 22.7 Å². The zero-order valence-corrected chi connectivity index (χ0v) is 13.4. The number of thiol groups is 1. The fourth-order valence-corrected chi connectivity index (χ4v) is 3.12. The topological polar surface area (TPSA) is 75.3 Å². The fourth-order valence-electron chi connectivity index (χ4n) is 1.81. The molecule has 5 nitrogen and oxygen atoms in total. The number of carbonyl (C=O) groups excluding carboxylic acids is 1. The summed E-state index contributed by atoms with van der Waals surface area (Å²) in [7, 11) is -3.55. The quantitative estimate of drug-likeness (QED) is 0.555. The van der Waals surface area contributed by atoms with Crippen molar-refractivity contribution in [3.63, 3.8) is 0 Å². The maximum absolute atomic E-state index is 12.0. The SMILES string of the molecule is O=C(NCCNS(=O)(=O)c1ccccc1)c1ccccc1S. The minimum atomic E-state index is -3.55. The van der Waals surface area contributed by atoms with Crippen LogP contribution in [0.1, 0.15) is 10.4 Å². The molecule has 0 aliphatic carbocycles. The van der Waals surface area contributed by atoms with Crippen LogP contribution in [-0.4, -0.2) is 27.4 Å². The van der Waals surface area contributed by atoms with E-state index in [0.717, 1.165) is 0 Å². The molecule has 116 valence electrons. The largest absolute Gasteiger partial charge is 0.351 e. The van der Waals surface area contributed by atoms with Gasteiger partial charge in [0.1, 0.15) is 0 Å². The van der Waals surface area contributed by atoms with Crippen molar-refractivity contribution in [3.8, 4) is 0 Å². The smallest absolute Gasteiger partial charge is 0.252 e. The van der Waals surface area contributed by atoms with Crippen molar-refractivity contribution >= 4 is 28.6 Å². The van der Waals surface area contributed by atoms with Crippen molar-refractivity contribution in [2.24, 2.45) is 0 Å². The van der Waals surface area contributed by atoms with Crippen LogP contribution >= 0.6 is 12.6 Å². The van der Waals surface area contributed by atoms with E-state index >= 15 is 0 Å². The predicted octanol–water partition coefficient (Wildman–Crippen LogP) is 1.68. The molecule has 0 fully saturated rings. The van der Waals surface area contributed by atoms with E-state index < -0.39 is 10.0 Å². The van der Waals surface area contributed by atoms with E-state index in [-0.39, 0.29) is 23.9 Å². The van der Waals surface area contributed by atoms with E-state index in [1.165, 1.54) is 12.1 Å². The molecule has 22 heavy (non-hydrogen) atoms. The normalized spacial score (nSPS) is 11.1. The third-order valence-corrected chi connectivity index (χ3v) is 4.77. The van der Waals surface area contributed by atoms with Crippen molar-refractivity contribution in [2.45, 2.75) is 9.79 Å². The molecule has 0 aliphatic rings. The monoisotopic (exact) mass is 336 g/mol. The van der Waals surface area contributed by atoms with E-state index in [4.69, 9.17) is 0 Å². The molecule has 1 amide bonds. The molecular formula is C15H16N2O3S2. The Labute approximate surface area is 135 Å². The van der Waals surface area contributed by atoms with Crippen molar-refractivity contribution < 1.29 is 13.2 Å². The fraction of sp³-hybridized carbons (Fsp3) is 0.133. The molecule has 2 aromatic carbocycles. The van der Waals surface area contributed by atoms with Crippen LogP contribution in [0.25, 0.3) is 0 Å². The average molecular weight is 336 g/mol. The van der Waals surface area contributed by atoms with Crippen LogP contribution in [0.3, 0.4) is 0 Å². The number of nitrogens with one attached hydrogen (secondary N) is 2. The second-order valence-corrected chi connectivity index (χ2v) is 6.73. The number of carbonyl (C=O) groups is 1. The molecule has 0 radical (unpaired) electrons. The molecule has 0 aliphatic heterocycles. The Kier molecular flexibility index (Phi) is 5.59. The predicted molar refractivity (Wildman–Crippen MR) is 87.7 cm³/mol. The Morgan fingerprint density at radius 2 is 1.59 bits per heavy atom. The molecule has 0 atom stereocenters. The van der Waals surface area contributed by atoms with Gasteiger partial charge in [0.2, 0.25) is 10.0 Å². The molecular weight excluding hydrogens is 320 g/mol. The van der Waals surface area contributed by atoms with Crippen LogP contribution in [-0.2, 0) is 10.0 Å². The zero-order valence-electron chi connectivity index (χ0n) is 11.7. The Balaban J connectivity index is 1.85. The van der Waals surface area contributed by atoms with E-state index in [1.807, 2.05) is 0 Å². The molecule has 0 saturated heterocycles. The minimum Gasteiger partial charge on any atom is -0.351 e. The summed E-state index contributed by atoms with van der Waals surface area (Å²) < 4.78 is 26.4. The number of sulfonamides is 1. The molecule has 7 heteroatoms.